The molecule has 2 aromatic rings. The summed E-state index contributed by atoms with van der Waals surface area (Å²) < 4.78 is 0. The molecule has 0 saturated heterocycles. The quantitative estimate of drug-likeness (QED) is 0.470. The summed E-state index contributed by atoms with van der Waals surface area (Å²) >= 11 is 17.7. The smallest absolute Gasteiger partial charge is 0.225 e. The van der Waals surface area contributed by atoms with Gasteiger partial charge in [0.15, 0.2) is 5.11 Å². The number of hydrogen-bond donors (Lipinski definition) is 3. The van der Waals surface area contributed by atoms with Crippen LogP contribution in [0.1, 0.15) is 55.3 Å². The Hall–Kier alpha value is -1.83. The van der Waals surface area contributed by atoms with Crippen LogP contribution in [0.25, 0.3) is 0 Å². The molecule has 0 spiro atoms. The molecule has 4 rings (SSSR count). The van der Waals surface area contributed by atoms with Gasteiger partial charge in [0.05, 0.1) is 5.69 Å². The zero-order valence-corrected chi connectivity index (χ0v) is 21.6. The van der Waals surface area contributed by atoms with E-state index >= 15 is 0 Å². The number of halogens is 2. The maximum Gasteiger partial charge on any atom is 0.225 e. The first-order chi connectivity index (χ1) is 15.9. The third-order valence-electron chi connectivity index (χ3n) is 6.44. The summed E-state index contributed by atoms with van der Waals surface area (Å²) in [4.78, 5) is 11.8. The van der Waals surface area contributed by atoms with Gasteiger partial charge in [-0.05, 0) is 81.3 Å². The zero-order valence-electron chi connectivity index (χ0n) is 19.3. The highest BCUT2D eigenvalue weighted by atomic mass is 35.5. The number of anilines is 2. The van der Waals surface area contributed by atoms with Gasteiger partial charge in [-0.25, -0.2) is 4.98 Å². The monoisotopic (exact) mass is 506 g/mol. The lowest BCUT2D eigenvalue weighted by molar-refractivity contribution is 0.385. The fourth-order valence-corrected chi connectivity index (χ4v) is 5.36. The lowest BCUT2D eigenvalue weighted by Gasteiger charge is -2.31. The van der Waals surface area contributed by atoms with E-state index in [1.807, 2.05) is 12.1 Å². The van der Waals surface area contributed by atoms with E-state index in [0.29, 0.717) is 33.8 Å². The summed E-state index contributed by atoms with van der Waals surface area (Å²) in [6.45, 7) is 0.572. The van der Waals surface area contributed by atoms with Crippen molar-refractivity contribution in [2.75, 3.05) is 24.3 Å². The van der Waals surface area contributed by atoms with Crippen molar-refractivity contribution >= 4 is 52.3 Å². The van der Waals surface area contributed by atoms with Crippen molar-refractivity contribution in [1.29, 1.82) is 0 Å². The number of rotatable bonds is 6. The molecule has 1 aromatic heterocycles. The second-order valence-electron chi connectivity index (χ2n) is 9.15. The molecule has 0 radical (unpaired) electrons. The topological polar surface area (TPSA) is 65.1 Å². The first-order valence-electron chi connectivity index (χ1n) is 11.7. The number of hydrogen-bond acceptors (Lipinski definition) is 5. The fraction of sp³-hybridized carbons (Fsp3) is 0.542. The van der Waals surface area contributed by atoms with Gasteiger partial charge in [0.25, 0.3) is 0 Å². The third-order valence-corrected chi connectivity index (χ3v) is 7.28. The molecule has 0 amide bonds. The second-order valence-corrected chi connectivity index (χ2v) is 10.4. The summed E-state index contributed by atoms with van der Waals surface area (Å²) in [7, 11) is 4.13. The summed E-state index contributed by atoms with van der Waals surface area (Å²) in [5.74, 6) is 1.84. The molecule has 3 N–H and O–H groups in total. The van der Waals surface area contributed by atoms with Gasteiger partial charge in [0, 0.05) is 48.3 Å². The molecule has 0 aliphatic heterocycles. The molecule has 0 unspecified atom stereocenters. The minimum Gasteiger partial charge on any atom is -0.362 e. The zero-order chi connectivity index (χ0) is 23.4. The Labute approximate surface area is 211 Å². The van der Waals surface area contributed by atoms with Crippen LogP contribution in [0.15, 0.2) is 18.2 Å². The molecule has 33 heavy (non-hydrogen) atoms. The third kappa shape index (κ3) is 6.40. The number of aromatic nitrogens is 2. The molecule has 6 nitrogen and oxygen atoms in total. The molecule has 1 saturated carbocycles. The van der Waals surface area contributed by atoms with E-state index in [1.165, 1.54) is 24.1 Å². The Bertz CT molecular complexity index is 991. The molecule has 2 aliphatic carbocycles. The predicted octanol–water partition coefficient (Wildman–Crippen LogP) is 5.12. The lowest BCUT2D eigenvalue weighted by atomic mass is 9.91. The van der Waals surface area contributed by atoms with Gasteiger partial charge >= 0.3 is 0 Å². The average molecular weight is 508 g/mol. The number of benzene rings is 1. The van der Waals surface area contributed by atoms with Crippen molar-refractivity contribution in [3.8, 4) is 0 Å². The average Bonchev–Trinajstić information content (AvgIpc) is 2.79. The Morgan fingerprint density at radius 2 is 1.79 bits per heavy atom. The first kappa shape index (κ1) is 24.3. The number of nitrogens with one attached hydrogen (secondary N) is 3. The van der Waals surface area contributed by atoms with Crippen LogP contribution in [-0.4, -0.2) is 41.3 Å². The largest absolute Gasteiger partial charge is 0.362 e. The summed E-state index contributed by atoms with van der Waals surface area (Å²) in [6, 6.07) is 6.25. The van der Waals surface area contributed by atoms with Crippen molar-refractivity contribution in [2.24, 2.45) is 0 Å². The van der Waals surface area contributed by atoms with Gasteiger partial charge in [-0.2, -0.15) is 4.98 Å². The van der Waals surface area contributed by atoms with Crippen LogP contribution in [0.3, 0.4) is 0 Å². The SMILES string of the molecule is CN(C)c1nc(N[C@H]2CC[C@@H](NC(=S)NCc3ccc(Cl)cc3Cl)CC2)nc2c1CCCC2. The molecular weight excluding hydrogens is 475 g/mol. The normalized spacial score (nSPS) is 20.0. The van der Waals surface area contributed by atoms with Crippen LogP contribution in [0.4, 0.5) is 11.8 Å². The van der Waals surface area contributed by atoms with Gasteiger partial charge in [-0.1, -0.05) is 29.3 Å². The molecule has 9 heteroatoms. The van der Waals surface area contributed by atoms with Crippen molar-refractivity contribution in [3.63, 3.8) is 0 Å². The number of aryl methyl sites for hydroxylation is 1. The summed E-state index contributed by atoms with van der Waals surface area (Å²) in [5.41, 5.74) is 3.51. The highest BCUT2D eigenvalue weighted by Crippen LogP contribution is 2.29. The van der Waals surface area contributed by atoms with E-state index in [-0.39, 0.29) is 0 Å². The van der Waals surface area contributed by atoms with Gasteiger partial charge in [0.1, 0.15) is 5.82 Å². The van der Waals surface area contributed by atoms with Crippen LogP contribution >= 0.6 is 35.4 Å². The maximum atomic E-state index is 6.25. The Morgan fingerprint density at radius 3 is 2.52 bits per heavy atom. The maximum absolute atomic E-state index is 6.25. The van der Waals surface area contributed by atoms with Crippen LogP contribution in [0.2, 0.25) is 10.0 Å². The second kappa shape index (κ2) is 11.1. The number of nitrogens with zero attached hydrogens (tertiary/aromatic N) is 3. The van der Waals surface area contributed by atoms with Crippen LogP contribution in [0, 0.1) is 0 Å². The van der Waals surface area contributed by atoms with Gasteiger partial charge in [-0.15, -0.1) is 0 Å². The minimum absolute atomic E-state index is 0.366. The fourth-order valence-electron chi connectivity index (χ4n) is 4.65. The Morgan fingerprint density at radius 1 is 1.06 bits per heavy atom. The van der Waals surface area contributed by atoms with E-state index in [9.17, 15) is 0 Å². The number of thiocarbonyl (C=S) groups is 1. The van der Waals surface area contributed by atoms with Gasteiger partial charge < -0.3 is 20.9 Å². The minimum atomic E-state index is 0.366. The van der Waals surface area contributed by atoms with E-state index in [0.717, 1.165) is 55.9 Å². The molecule has 1 aromatic carbocycles. The number of fused-ring (bicyclic) bond motifs is 1. The van der Waals surface area contributed by atoms with E-state index in [2.05, 4.69) is 34.9 Å². The lowest BCUT2D eigenvalue weighted by Crippen LogP contribution is -2.44. The van der Waals surface area contributed by atoms with Crippen molar-refractivity contribution in [2.45, 2.75) is 70.0 Å². The van der Waals surface area contributed by atoms with Crippen molar-refractivity contribution < 1.29 is 0 Å². The Balaban J connectivity index is 1.26. The van der Waals surface area contributed by atoms with E-state index < -0.39 is 0 Å². The molecule has 178 valence electrons. The van der Waals surface area contributed by atoms with Crippen LogP contribution in [0.5, 0.6) is 0 Å². The Kier molecular flexibility index (Phi) is 8.15. The van der Waals surface area contributed by atoms with Crippen LogP contribution in [-0.2, 0) is 19.4 Å². The van der Waals surface area contributed by atoms with E-state index in [4.69, 9.17) is 45.4 Å². The highest BCUT2D eigenvalue weighted by molar-refractivity contribution is 7.80. The predicted molar refractivity (Wildman–Crippen MR) is 142 cm³/mol. The molecule has 1 fully saturated rings. The molecule has 1 heterocycles. The van der Waals surface area contributed by atoms with Crippen molar-refractivity contribution in [3.05, 3.63) is 45.1 Å². The highest BCUT2D eigenvalue weighted by Gasteiger charge is 2.24. The standard InChI is InChI=1S/C24H32Cl2N6S/c1-32(2)22-19-5-3-4-6-21(19)30-23(31-22)28-17-9-11-18(12-10-17)29-24(33)27-14-15-7-8-16(25)13-20(15)26/h7-8,13,17-18H,3-6,9-12,14H2,1-2H3,(H2,27,29,33)(H,28,30,31)/t17-,18+. The molecular formula is C24H32Cl2N6S. The summed E-state index contributed by atoms with van der Waals surface area (Å²) in [5, 5.41) is 12.3. The molecule has 2 aliphatic rings. The van der Waals surface area contributed by atoms with Gasteiger partial charge in [0.2, 0.25) is 5.95 Å². The first-order valence-corrected chi connectivity index (χ1v) is 12.9. The van der Waals surface area contributed by atoms with E-state index in [1.54, 1.807) is 6.07 Å². The van der Waals surface area contributed by atoms with Crippen molar-refractivity contribution in [1.82, 2.24) is 20.6 Å². The summed E-state index contributed by atoms with van der Waals surface area (Å²) in [6.07, 6.45) is 8.78. The molecule has 0 atom stereocenters. The molecule has 0 bridgehead atoms. The van der Waals surface area contributed by atoms with Gasteiger partial charge in [-0.3, -0.25) is 0 Å². The van der Waals surface area contributed by atoms with Crippen LogP contribution < -0.4 is 20.9 Å².